The van der Waals surface area contributed by atoms with E-state index < -0.39 is 0 Å². The minimum absolute atomic E-state index is 0.883. The van der Waals surface area contributed by atoms with Crippen molar-refractivity contribution < 1.29 is 0 Å². The Labute approximate surface area is 90.6 Å². The van der Waals surface area contributed by atoms with Crippen LogP contribution in [-0.4, -0.2) is 16.7 Å². The molecule has 0 unspecified atom stereocenters. The van der Waals surface area contributed by atoms with E-state index in [9.17, 15) is 0 Å². The van der Waals surface area contributed by atoms with Crippen LogP contribution in [-0.2, 0) is 0 Å². The summed E-state index contributed by atoms with van der Waals surface area (Å²) in [6.45, 7) is 2.99. The van der Waals surface area contributed by atoms with Gasteiger partial charge in [0.25, 0.3) is 0 Å². The fraction of sp³-hybridized carbons (Fsp3) is 0.500. The molecule has 80 valence electrons. The lowest BCUT2D eigenvalue weighted by atomic mass is 10.2. The number of aromatic nitrogens is 2. The number of nitrogens with zero attached hydrogens (tertiary/aromatic N) is 2. The molecule has 0 radical (unpaired) electrons. The average molecular weight is 203 g/mol. The quantitative estimate of drug-likeness (QED) is 0.764. The first-order chi connectivity index (χ1) is 7.34. The van der Waals surface area contributed by atoms with Crippen molar-refractivity contribution in [2.75, 3.05) is 11.9 Å². The standard InChI is InChI=1S/C12H17N3/c1-10-8-12(15-14-9-10)13-7-6-11-4-2-3-5-11/h4,8-9H,2-3,5-7H2,1H3,(H,13,15). The van der Waals surface area contributed by atoms with Crippen LogP contribution >= 0.6 is 0 Å². The molecule has 15 heavy (non-hydrogen) atoms. The number of nitrogens with one attached hydrogen (secondary N) is 1. The number of allylic oxidation sites excluding steroid dienone is 1. The van der Waals surface area contributed by atoms with E-state index in [1.54, 1.807) is 11.8 Å². The summed E-state index contributed by atoms with van der Waals surface area (Å²) < 4.78 is 0. The minimum atomic E-state index is 0.883. The van der Waals surface area contributed by atoms with Crippen molar-refractivity contribution in [3.8, 4) is 0 Å². The summed E-state index contributed by atoms with van der Waals surface area (Å²) in [5, 5.41) is 11.2. The number of rotatable bonds is 4. The van der Waals surface area contributed by atoms with Gasteiger partial charge in [0.1, 0.15) is 5.82 Å². The van der Waals surface area contributed by atoms with Crippen LogP contribution in [0.2, 0.25) is 0 Å². The highest BCUT2D eigenvalue weighted by atomic mass is 15.2. The van der Waals surface area contributed by atoms with E-state index in [1.807, 2.05) is 13.0 Å². The molecule has 0 spiro atoms. The molecule has 0 aliphatic heterocycles. The van der Waals surface area contributed by atoms with Crippen molar-refractivity contribution >= 4 is 5.82 Å². The first-order valence-corrected chi connectivity index (χ1v) is 5.56. The molecule has 0 fully saturated rings. The van der Waals surface area contributed by atoms with Crippen molar-refractivity contribution in [2.45, 2.75) is 32.6 Å². The second-order valence-corrected chi connectivity index (χ2v) is 4.05. The Hall–Kier alpha value is -1.38. The molecule has 1 heterocycles. The van der Waals surface area contributed by atoms with Crippen LogP contribution < -0.4 is 5.32 Å². The molecule has 3 heteroatoms. The van der Waals surface area contributed by atoms with Crippen LogP contribution in [0, 0.1) is 6.92 Å². The first-order valence-electron chi connectivity index (χ1n) is 5.56. The molecule has 3 nitrogen and oxygen atoms in total. The molecule has 0 aromatic carbocycles. The zero-order valence-electron chi connectivity index (χ0n) is 9.16. The van der Waals surface area contributed by atoms with Crippen molar-refractivity contribution in [2.24, 2.45) is 0 Å². The fourth-order valence-corrected chi connectivity index (χ4v) is 1.87. The van der Waals surface area contributed by atoms with Crippen LogP contribution in [0.1, 0.15) is 31.2 Å². The van der Waals surface area contributed by atoms with Crippen molar-refractivity contribution in [1.29, 1.82) is 0 Å². The fourth-order valence-electron chi connectivity index (χ4n) is 1.87. The predicted octanol–water partition coefficient (Wildman–Crippen LogP) is 2.70. The zero-order chi connectivity index (χ0) is 10.5. The number of anilines is 1. The summed E-state index contributed by atoms with van der Waals surface area (Å²) in [4.78, 5) is 0. The maximum atomic E-state index is 4.02. The van der Waals surface area contributed by atoms with Gasteiger partial charge in [-0.1, -0.05) is 11.6 Å². The lowest BCUT2D eigenvalue weighted by molar-refractivity contribution is 0.859. The van der Waals surface area contributed by atoms with E-state index in [1.165, 1.54) is 19.3 Å². The average Bonchev–Trinajstić information content (AvgIpc) is 2.71. The molecule has 1 aromatic heterocycles. The SMILES string of the molecule is Cc1cnnc(NCCC2=CCCC2)c1. The largest absolute Gasteiger partial charge is 0.368 e. The van der Waals surface area contributed by atoms with Crippen LogP contribution in [0.15, 0.2) is 23.9 Å². The number of hydrogen-bond acceptors (Lipinski definition) is 3. The minimum Gasteiger partial charge on any atom is -0.368 e. The van der Waals surface area contributed by atoms with Gasteiger partial charge in [0, 0.05) is 6.54 Å². The first kappa shape index (κ1) is 10.1. The smallest absolute Gasteiger partial charge is 0.148 e. The third kappa shape index (κ3) is 3.05. The predicted molar refractivity (Wildman–Crippen MR) is 61.8 cm³/mol. The number of aryl methyl sites for hydroxylation is 1. The summed E-state index contributed by atoms with van der Waals surface area (Å²) in [6, 6.07) is 2.02. The third-order valence-corrected chi connectivity index (χ3v) is 2.68. The summed E-state index contributed by atoms with van der Waals surface area (Å²) in [5.74, 6) is 0.883. The van der Waals surface area contributed by atoms with E-state index in [4.69, 9.17) is 0 Å². The Balaban J connectivity index is 1.78. The van der Waals surface area contributed by atoms with Gasteiger partial charge in [0.05, 0.1) is 6.20 Å². The molecular formula is C12H17N3. The second-order valence-electron chi connectivity index (χ2n) is 4.05. The maximum Gasteiger partial charge on any atom is 0.148 e. The molecule has 2 rings (SSSR count). The lowest BCUT2D eigenvalue weighted by Crippen LogP contribution is -2.04. The number of hydrogen-bond donors (Lipinski definition) is 1. The van der Waals surface area contributed by atoms with Crippen molar-refractivity contribution in [3.63, 3.8) is 0 Å². The van der Waals surface area contributed by atoms with Crippen LogP contribution in [0.3, 0.4) is 0 Å². The van der Waals surface area contributed by atoms with E-state index in [0.717, 1.165) is 24.3 Å². The molecule has 0 bridgehead atoms. The highest BCUT2D eigenvalue weighted by Gasteiger charge is 2.03. The molecule has 1 aromatic rings. The van der Waals surface area contributed by atoms with Gasteiger partial charge < -0.3 is 5.32 Å². The molecular weight excluding hydrogens is 186 g/mol. The normalized spacial score (nSPS) is 15.1. The monoisotopic (exact) mass is 203 g/mol. The van der Waals surface area contributed by atoms with Crippen LogP contribution in [0.5, 0.6) is 0 Å². The highest BCUT2D eigenvalue weighted by Crippen LogP contribution is 2.20. The Morgan fingerprint density at radius 3 is 3.13 bits per heavy atom. The summed E-state index contributed by atoms with van der Waals surface area (Å²) in [5.41, 5.74) is 2.73. The van der Waals surface area contributed by atoms with Gasteiger partial charge in [-0.25, -0.2) is 0 Å². The molecule has 0 amide bonds. The van der Waals surface area contributed by atoms with Gasteiger partial charge in [-0.15, -0.1) is 5.10 Å². The molecule has 1 aliphatic rings. The molecule has 0 saturated carbocycles. The summed E-state index contributed by atoms with van der Waals surface area (Å²) in [6.07, 6.45) is 9.14. The molecule has 1 aliphatic carbocycles. The highest BCUT2D eigenvalue weighted by molar-refractivity contribution is 5.35. The van der Waals surface area contributed by atoms with Gasteiger partial charge >= 0.3 is 0 Å². The Kier molecular flexibility index (Phi) is 3.33. The van der Waals surface area contributed by atoms with E-state index >= 15 is 0 Å². The van der Waals surface area contributed by atoms with Crippen molar-refractivity contribution in [3.05, 3.63) is 29.5 Å². The zero-order valence-corrected chi connectivity index (χ0v) is 9.16. The van der Waals surface area contributed by atoms with Gasteiger partial charge in [0.15, 0.2) is 0 Å². The third-order valence-electron chi connectivity index (χ3n) is 2.68. The lowest BCUT2D eigenvalue weighted by Gasteiger charge is -2.05. The van der Waals surface area contributed by atoms with Gasteiger partial charge in [0.2, 0.25) is 0 Å². The van der Waals surface area contributed by atoms with E-state index in [0.29, 0.717) is 0 Å². The molecule has 0 atom stereocenters. The molecule has 0 saturated heterocycles. The maximum absolute atomic E-state index is 4.02. The second kappa shape index (κ2) is 4.91. The summed E-state index contributed by atoms with van der Waals surface area (Å²) >= 11 is 0. The Morgan fingerprint density at radius 1 is 1.47 bits per heavy atom. The van der Waals surface area contributed by atoms with Gasteiger partial charge in [-0.05, 0) is 44.2 Å². The Bertz CT molecular complexity index is 358. The van der Waals surface area contributed by atoms with Gasteiger partial charge in [-0.2, -0.15) is 5.10 Å². The van der Waals surface area contributed by atoms with E-state index in [2.05, 4.69) is 21.6 Å². The van der Waals surface area contributed by atoms with Crippen LogP contribution in [0.25, 0.3) is 0 Å². The van der Waals surface area contributed by atoms with E-state index in [-0.39, 0.29) is 0 Å². The summed E-state index contributed by atoms with van der Waals surface area (Å²) in [7, 11) is 0. The van der Waals surface area contributed by atoms with Gasteiger partial charge in [-0.3, -0.25) is 0 Å². The molecule has 1 N–H and O–H groups in total. The van der Waals surface area contributed by atoms with Crippen LogP contribution in [0.4, 0.5) is 5.82 Å². The topological polar surface area (TPSA) is 37.8 Å². The van der Waals surface area contributed by atoms with Crippen molar-refractivity contribution in [1.82, 2.24) is 10.2 Å². The Morgan fingerprint density at radius 2 is 2.40 bits per heavy atom.